The van der Waals surface area contributed by atoms with Crippen LogP contribution in [0.2, 0.25) is 0 Å². The third-order valence-corrected chi connectivity index (χ3v) is 8.10. The van der Waals surface area contributed by atoms with Gasteiger partial charge in [-0.15, -0.1) is 20.4 Å². The number of hydrogen-bond donors (Lipinski definition) is 1. The lowest BCUT2D eigenvalue weighted by Gasteiger charge is -2.21. The highest BCUT2D eigenvalue weighted by Gasteiger charge is 2.14. The molecule has 0 aromatic carbocycles. The number of ether oxygens (including phenoxy) is 2. The van der Waals surface area contributed by atoms with Crippen LogP contribution in [-0.4, -0.2) is 45.7 Å². The van der Waals surface area contributed by atoms with Crippen LogP contribution in [-0.2, 0) is 22.3 Å². The number of aromatic nitrogens is 4. The van der Waals surface area contributed by atoms with Crippen LogP contribution in [0.15, 0.2) is 4.99 Å². The molecule has 0 unspecified atom stereocenters. The lowest BCUT2D eigenvalue weighted by Crippen LogP contribution is -2.20. The van der Waals surface area contributed by atoms with E-state index in [0.29, 0.717) is 24.1 Å². The largest absolute Gasteiger partial charge is 0.480 e. The van der Waals surface area contributed by atoms with Crippen LogP contribution in [0.1, 0.15) is 93.5 Å². The molecule has 2 aromatic rings. The topological polar surface area (TPSA) is 94.4 Å². The second-order valence-corrected chi connectivity index (χ2v) is 11.0. The summed E-state index contributed by atoms with van der Waals surface area (Å²) in [6.45, 7) is 0.528. The SMILES string of the molecule is C(=N/c1nnc(CCCCCc2nnc(NCOC3CCCCC3)s2)s1)/OC1CCCCC1. The van der Waals surface area contributed by atoms with E-state index in [9.17, 15) is 0 Å². The van der Waals surface area contributed by atoms with Gasteiger partial charge in [-0.2, -0.15) is 4.99 Å². The number of nitrogens with zero attached hydrogens (tertiary/aromatic N) is 5. The summed E-state index contributed by atoms with van der Waals surface area (Å²) in [5, 5.41) is 23.9. The molecule has 0 amide bonds. The molecule has 2 heterocycles. The van der Waals surface area contributed by atoms with Gasteiger partial charge in [-0.3, -0.25) is 0 Å². The Morgan fingerprint density at radius 1 is 0.788 bits per heavy atom. The molecule has 2 fully saturated rings. The van der Waals surface area contributed by atoms with Crippen molar-refractivity contribution < 1.29 is 9.47 Å². The van der Waals surface area contributed by atoms with E-state index in [1.54, 1.807) is 29.1 Å². The summed E-state index contributed by atoms with van der Waals surface area (Å²) in [6.07, 6.45) is 19.9. The molecule has 0 atom stereocenters. The molecule has 10 heteroatoms. The van der Waals surface area contributed by atoms with Crippen molar-refractivity contribution in [1.82, 2.24) is 20.4 Å². The Labute approximate surface area is 204 Å². The number of nitrogens with one attached hydrogen (secondary N) is 1. The minimum absolute atomic E-state index is 0.324. The van der Waals surface area contributed by atoms with Crippen molar-refractivity contribution in [1.29, 1.82) is 0 Å². The predicted octanol–water partition coefficient (Wildman–Crippen LogP) is 6.07. The number of anilines is 1. The van der Waals surface area contributed by atoms with E-state index >= 15 is 0 Å². The van der Waals surface area contributed by atoms with Crippen LogP contribution in [0.3, 0.4) is 0 Å². The number of aliphatic imine (C=N–C) groups is 1. The summed E-state index contributed by atoms with van der Waals surface area (Å²) in [5.41, 5.74) is 0. The van der Waals surface area contributed by atoms with Gasteiger partial charge in [-0.1, -0.05) is 54.8 Å². The maximum atomic E-state index is 5.90. The van der Waals surface area contributed by atoms with Gasteiger partial charge >= 0.3 is 0 Å². The lowest BCUT2D eigenvalue weighted by molar-refractivity contribution is 0.0400. The molecule has 2 aliphatic carbocycles. The Bertz CT molecular complexity index is 831. The maximum Gasteiger partial charge on any atom is 0.234 e. The molecular weight excluding hydrogens is 456 g/mol. The zero-order valence-electron chi connectivity index (χ0n) is 19.4. The van der Waals surface area contributed by atoms with Crippen molar-refractivity contribution in [3.8, 4) is 0 Å². The summed E-state index contributed by atoms with van der Waals surface area (Å²) in [5.74, 6) is 0. The van der Waals surface area contributed by atoms with Crippen molar-refractivity contribution >= 4 is 39.3 Å². The molecule has 0 spiro atoms. The number of unbranched alkanes of at least 4 members (excludes halogenated alkanes) is 2. The van der Waals surface area contributed by atoms with Crippen molar-refractivity contribution in [3.63, 3.8) is 0 Å². The Kier molecular flexibility index (Phi) is 10.3. The highest BCUT2D eigenvalue weighted by Crippen LogP contribution is 2.23. The normalized spacial score (nSPS) is 18.2. The summed E-state index contributed by atoms with van der Waals surface area (Å²) in [7, 11) is 0. The molecule has 2 aliphatic rings. The first-order chi connectivity index (χ1) is 16.3. The second-order valence-electron chi connectivity index (χ2n) is 8.92. The van der Waals surface area contributed by atoms with Gasteiger partial charge in [-0.05, 0) is 51.4 Å². The summed E-state index contributed by atoms with van der Waals surface area (Å²) in [4.78, 5) is 4.32. The third kappa shape index (κ3) is 8.90. The van der Waals surface area contributed by atoms with Gasteiger partial charge in [-0.25, -0.2) is 0 Å². The monoisotopic (exact) mass is 492 g/mol. The summed E-state index contributed by atoms with van der Waals surface area (Å²) in [6, 6.07) is 0. The van der Waals surface area contributed by atoms with Crippen molar-refractivity contribution in [3.05, 3.63) is 10.0 Å². The van der Waals surface area contributed by atoms with Crippen molar-refractivity contribution in [2.75, 3.05) is 12.0 Å². The fraction of sp³-hybridized carbons (Fsp3) is 0.783. The molecule has 4 rings (SSSR count). The van der Waals surface area contributed by atoms with E-state index in [0.717, 1.165) is 60.1 Å². The van der Waals surface area contributed by atoms with E-state index in [1.807, 2.05) is 0 Å². The molecule has 2 aromatic heterocycles. The quantitative estimate of drug-likeness (QED) is 0.157. The van der Waals surface area contributed by atoms with Crippen molar-refractivity contribution in [2.45, 2.75) is 109 Å². The molecule has 8 nitrogen and oxygen atoms in total. The number of hydrogen-bond acceptors (Lipinski definition) is 10. The Morgan fingerprint density at radius 2 is 1.45 bits per heavy atom. The van der Waals surface area contributed by atoms with E-state index < -0.39 is 0 Å². The Hall–Kier alpha value is -1.65. The second kappa shape index (κ2) is 13.9. The van der Waals surface area contributed by atoms with E-state index in [2.05, 4.69) is 30.7 Å². The van der Waals surface area contributed by atoms with Crippen LogP contribution in [0.5, 0.6) is 0 Å². The molecule has 2 saturated carbocycles. The number of aryl methyl sites for hydroxylation is 2. The Balaban J connectivity index is 1.05. The summed E-state index contributed by atoms with van der Waals surface area (Å²) < 4.78 is 11.6. The van der Waals surface area contributed by atoms with Gasteiger partial charge in [0, 0.05) is 12.8 Å². The highest BCUT2D eigenvalue weighted by atomic mass is 32.1. The molecular formula is C23H36N6O2S2. The van der Waals surface area contributed by atoms with Crippen LogP contribution in [0.4, 0.5) is 10.3 Å². The van der Waals surface area contributed by atoms with Crippen LogP contribution < -0.4 is 5.32 Å². The lowest BCUT2D eigenvalue weighted by atomic mass is 9.98. The average molecular weight is 493 g/mol. The molecule has 1 N–H and O–H groups in total. The molecule has 0 aliphatic heterocycles. The molecule has 33 heavy (non-hydrogen) atoms. The fourth-order valence-corrected chi connectivity index (χ4v) is 5.85. The van der Waals surface area contributed by atoms with Gasteiger partial charge in [0.05, 0.1) is 12.2 Å². The minimum Gasteiger partial charge on any atom is -0.480 e. The van der Waals surface area contributed by atoms with E-state index in [1.165, 1.54) is 51.4 Å². The van der Waals surface area contributed by atoms with Gasteiger partial charge in [0.15, 0.2) is 6.40 Å². The van der Waals surface area contributed by atoms with E-state index in [-0.39, 0.29) is 0 Å². The average Bonchev–Trinajstić information content (AvgIpc) is 3.50. The molecule has 0 saturated heterocycles. The van der Waals surface area contributed by atoms with Crippen molar-refractivity contribution in [2.24, 2.45) is 4.99 Å². The minimum atomic E-state index is 0.324. The maximum absolute atomic E-state index is 5.90. The molecule has 182 valence electrons. The first-order valence-corrected chi connectivity index (χ1v) is 14.2. The Morgan fingerprint density at radius 3 is 2.21 bits per heavy atom. The molecule has 0 bridgehead atoms. The zero-order chi connectivity index (χ0) is 22.6. The first kappa shape index (κ1) is 24.5. The predicted molar refractivity (Wildman–Crippen MR) is 134 cm³/mol. The third-order valence-electron chi connectivity index (χ3n) is 6.27. The summed E-state index contributed by atoms with van der Waals surface area (Å²) >= 11 is 3.19. The standard InChI is InChI=1S/C23H36N6O2S2/c1-4-10-18(11-5-1)30-16-24-22-28-26-20(32-22)14-8-3-9-15-21-27-29-23(33-21)25-17-31-19-12-6-2-7-13-19/h16,18-19H,1-15,17H2,(H,25,29)/b24-16-. The molecule has 0 radical (unpaired) electrons. The van der Waals surface area contributed by atoms with Gasteiger partial charge in [0.25, 0.3) is 0 Å². The number of rotatable bonds is 13. The highest BCUT2D eigenvalue weighted by molar-refractivity contribution is 7.15. The van der Waals surface area contributed by atoms with Gasteiger partial charge < -0.3 is 14.8 Å². The van der Waals surface area contributed by atoms with Gasteiger partial charge in [0.2, 0.25) is 10.3 Å². The smallest absolute Gasteiger partial charge is 0.234 e. The van der Waals surface area contributed by atoms with Gasteiger partial charge in [0.1, 0.15) is 16.7 Å². The van der Waals surface area contributed by atoms with Crippen LogP contribution >= 0.6 is 22.7 Å². The van der Waals surface area contributed by atoms with E-state index in [4.69, 9.17) is 9.47 Å². The fourth-order valence-electron chi connectivity index (χ4n) is 4.37. The van der Waals surface area contributed by atoms with Crippen LogP contribution in [0.25, 0.3) is 0 Å². The first-order valence-electron chi connectivity index (χ1n) is 12.5. The zero-order valence-corrected chi connectivity index (χ0v) is 21.0. The van der Waals surface area contributed by atoms with Crippen LogP contribution in [0, 0.1) is 0 Å².